The zero-order valence-corrected chi connectivity index (χ0v) is 15.9. The van der Waals surface area contributed by atoms with Gasteiger partial charge in [-0.3, -0.25) is 19.5 Å². The molecule has 7 heteroatoms. The minimum absolute atomic E-state index is 0.0787. The Morgan fingerprint density at radius 1 is 1.00 bits per heavy atom. The number of piperazine rings is 1. The molecule has 1 saturated heterocycles. The third-order valence-corrected chi connectivity index (χ3v) is 4.86. The van der Waals surface area contributed by atoms with E-state index in [0.717, 1.165) is 32.7 Å². The Morgan fingerprint density at radius 3 is 2.33 bits per heavy atom. The summed E-state index contributed by atoms with van der Waals surface area (Å²) < 4.78 is 0. The van der Waals surface area contributed by atoms with Crippen molar-refractivity contribution >= 4 is 23.4 Å². The van der Waals surface area contributed by atoms with Crippen molar-refractivity contribution in [1.29, 1.82) is 0 Å². The molecule has 27 heavy (non-hydrogen) atoms. The third kappa shape index (κ3) is 5.77. The molecule has 1 aromatic heterocycles. The Kier molecular flexibility index (Phi) is 6.79. The van der Waals surface area contributed by atoms with Crippen molar-refractivity contribution in [2.75, 3.05) is 32.7 Å². The second-order valence-corrected chi connectivity index (χ2v) is 6.96. The minimum atomic E-state index is -0.193. The number of pyridine rings is 1. The molecule has 0 spiro atoms. The van der Waals surface area contributed by atoms with Crippen molar-refractivity contribution in [3.8, 4) is 0 Å². The molecule has 0 atom stereocenters. The zero-order chi connectivity index (χ0) is 19.1. The monoisotopic (exact) mass is 386 g/mol. The molecule has 1 N–H and O–H groups in total. The molecule has 1 aromatic carbocycles. The number of carbonyl (C=O) groups excluding carboxylic acids is 2. The van der Waals surface area contributed by atoms with E-state index in [1.807, 2.05) is 17.0 Å². The Morgan fingerprint density at radius 2 is 1.67 bits per heavy atom. The summed E-state index contributed by atoms with van der Waals surface area (Å²) in [5, 5.41) is 3.37. The van der Waals surface area contributed by atoms with Gasteiger partial charge in [0.1, 0.15) is 0 Å². The SMILES string of the molecule is O=C(NCCC(=O)N1CCN(Cc2ccncc2)CC1)c1ccc(Cl)cc1. The van der Waals surface area contributed by atoms with Crippen LogP contribution in [-0.4, -0.2) is 59.3 Å². The number of amides is 2. The maximum atomic E-state index is 12.4. The van der Waals surface area contributed by atoms with Crippen LogP contribution in [0.4, 0.5) is 0 Å². The number of hydrogen-bond acceptors (Lipinski definition) is 4. The lowest BCUT2D eigenvalue weighted by molar-refractivity contribution is -0.132. The molecule has 2 aromatic rings. The fourth-order valence-corrected chi connectivity index (χ4v) is 3.17. The van der Waals surface area contributed by atoms with Gasteiger partial charge in [-0.1, -0.05) is 11.6 Å². The molecule has 2 amide bonds. The lowest BCUT2D eigenvalue weighted by atomic mass is 10.2. The van der Waals surface area contributed by atoms with Crippen LogP contribution >= 0.6 is 11.6 Å². The van der Waals surface area contributed by atoms with Gasteiger partial charge in [0.25, 0.3) is 5.91 Å². The first-order valence-corrected chi connectivity index (χ1v) is 9.42. The van der Waals surface area contributed by atoms with E-state index in [1.165, 1.54) is 5.56 Å². The summed E-state index contributed by atoms with van der Waals surface area (Å²) in [4.78, 5) is 32.6. The van der Waals surface area contributed by atoms with E-state index in [-0.39, 0.29) is 11.8 Å². The molecule has 3 rings (SSSR count). The van der Waals surface area contributed by atoms with Crippen LogP contribution in [0.2, 0.25) is 5.02 Å². The number of halogens is 1. The van der Waals surface area contributed by atoms with Gasteiger partial charge < -0.3 is 10.2 Å². The number of carbonyl (C=O) groups is 2. The van der Waals surface area contributed by atoms with Gasteiger partial charge in [0.05, 0.1) is 0 Å². The molecule has 0 aliphatic carbocycles. The number of aromatic nitrogens is 1. The highest BCUT2D eigenvalue weighted by Gasteiger charge is 2.21. The zero-order valence-electron chi connectivity index (χ0n) is 15.1. The van der Waals surface area contributed by atoms with Crippen molar-refractivity contribution in [3.05, 3.63) is 64.9 Å². The van der Waals surface area contributed by atoms with Crippen LogP contribution < -0.4 is 5.32 Å². The van der Waals surface area contributed by atoms with Crippen LogP contribution in [0, 0.1) is 0 Å². The summed E-state index contributed by atoms with van der Waals surface area (Å²) in [7, 11) is 0. The Balaban J connectivity index is 1.37. The molecule has 6 nitrogen and oxygen atoms in total. The van der Waals surface area contributed by atoms with E-state index in [9.17, 15) is 9.59 Å². The molecule has 142 valence electrons. The molecule has 0 unspecified atom stereocenters. The fourth-order valence-electron chi connectivity index (χ4n) is 3.05. The Labute approximate surface area is 164 Å². The standard InChI is InChI=1S/C20H23ClN4O2/c21-18-3-1-17(2-4-18)20(27)23-10-7-19(26)25-13-11-24(12-14-25)15-16-5-8-22-9-6-16/h1-6,8-9H,7,10-15H2,(H,23,27). The van der Waals surface area contributed by atoms with Gasteiger partial charge in [-0.05, 0) is 42.0 Å². The van der Waals surface area contributed by atoms with E-state index in [2.05, 4.69) is 15.2 Å². The maximum absolute atomic E-state index is 12.4. The third-order valence-electron chi connectivity index (χ3n) is 4.61. The summed E-state index contributed by atoms with van der Waals surface area (Å²) in [6.45, 7) is 4.35. The quantitative estimate of drug-likeness (QED) is 0.826. The van der Waals surface area contributed by atoms with Crippen molar-refractivity contribution in [3.63, 3.8) is 0 Å². The lowest BCUT2D eigenvalue weighted by Gasteiger charge is -2.34. The van der Waals surface area contributed by atoms with E-state index in [1.54, 1.807) is 36.7 Å². The molecule has 1 aliphatic rings. The summed E-state index contributed by atoms with van der Waals surface area (Å²) in [5.74, 6) is -0.114. The minimum Gasteiger partial charge on any atom is -0.352 e. The van der Waals surface area contributed by atoms with Crippen molar-refractivity contribution in [2.24, 2.45) is 0 Å². The average Bonchev–Trinajstić information content (AvgIpc) is 2.69. The predicted octanol–water partition coefficient (Wildman–Crippen LogP) is 2.20. The highest BCUT2D eigenvalue weighted by molar-refractivity contribution is 6.30. The van der Waals surface area contributed by atoms with Gasteiger partial charge in [-0.15, -0.1) is 0 Å². The molecule has 1 aliphatic heterocycles. The van der Waals surface area contributed by atoms with Crippen molar-refractivity contribution in [1.82, 2.24) is 20.1 Å². The van der Waals surface area contributed by atoms with Gasteiger partial charge in [-0.25, -0.2) is 0 Å². The van der Waals surface area contributed by atoms with Crippen LogP contribution in [0.3, 0.4) is 0 Å². The maximum Gasteiger partial charge on any atom is 0.251 e. The second-order valence-electron chi connectivity index (χ2n) is 6.53. The van der Waals surface area contributed by atoms with Gasteiger partial charge in [0, 0.05) is 68.7 Å². The Hall–Kier alpha value is -2.44. The number of nitrogens with one attached hydrogen (secondary N) is 1. The highest BCUT2D eigenvalue weighted by atomic mass is 35.5. The number of nitrogens with zero attached hydrogens (tertiary/aromatic N) is 3. The predicted molar refractivity (Wildman–Crippen MR) is 104 cm³/mol. The van der Waals surface area contributed by atoms with E-state index in [0.29, 0.717) is 23.6 Å². The average molecular weight is 387 g/mol. The number of rotatable bonds is 6. The molecular formula is C20H23ClN4O2. The van der Waals surface area contributed by atoms with Crippen LogP contribution in [0.1, 0.15) is 22.3 Å². The van der Waals surface area contributed by atoms with E-state index in [4.69, 9.17) is 11.6 Å². The second kappa shape index (κ2) is 9.48. The summed E-state index contributed by atoms with van der Waals surface area (Å²) in [6.07, 6.45) is 3.91. The first kappa shape index (κ1) is 19.3. The smallest absolute Gasteiger partial charge is 0.251 e. The first-order chi connectivity index (χ1) is 13.1. The van der Waals surface area contributed by atoms with Crippen LogP contribution in [-0.2, 0) is 11.3 Å². The molecular weight excluding hydrogens is 364 g/mol. The van der Waals surface area contributed by atoms with Crippen molar-refractivity contribution < 1.29 is 9.59 Å². The van der Waals surface area contributed by atoms with E-state index >= 15 is 0 Å². The fraction of sp³-hybridized carbons (Fsp3) is 0.350. The summed E-state index contributed by atoms with van der Waals surface area (Å²) >= 11 is 5.82. The van der Waals surface area contributed by atoms with Gasteiger partial charge in [0.2, 0.25) is 5.91 Å². The summed E-state index contributed by atoms with van der Waals surface area (Å²) in [5.41, 5.74) is 1.77. The highest BCUT2D eigenvalue weighted by Crippen LogP contribution is 2.10. The van der Waals surface area contributed by atoms with E-state index < -0.39 is 0 Å². The number of benzene rings is 1. The molecule has 2 heterocycles. The topological polar surface area (TPSA) is 65.5 Å². The normalized spacial score (nSPS) is 14.8. The van der Waals surface area contributed by atoms with Crippen LogP contribution in [0.5, 0.6) is 0 Å². The molecule has 0 bridgehead atoms. The van der Waals surface area contributed by atoms with Gasteiger partial charge in [-0.2, -0.15) is 0 Å². The van der Waals surface area contributed by atoms with Crippen LogP contribution in [0.25, 0.3) is 0 Å². The molecule has 1 fully saturated rings. The van der Waals surface area contributed by atoms with Gasteiger partial charge >= 0.3 is 0 Å². The largest absolute Gasteiger partial charge is 0.352 e. The molecule has 0 saturated carbocycles. The van der Waals surface area contributed by atoms with Gasteiger partial charge in [0.15, 0.2) is 0 Å². The van der Waals surface area contributed by atoms with Crippen molar-refractivity contribution in [2.45, 2.75) is 13.0 Å². The number of hydrogen-bond donors (Lipinski definition) is 1. The lowest BCUT2D eigenvalue weighted by Crippen LogP contribution is -2.48. The van der Waals surface area contributed by atoms with Crippen LogP contribution in [0.15, 0.2) is 48.8 Å². The molecule has 0 radical (unpaired) electrons. The Bertz CT molecular complexity index is 759. The first-order valence-electron chi connectivity index (χ1n) is 9.04. The summed E-state index contributed by atoms with van der Waals surface area (Å²) in [6, 6.07) is 10.7.